The third kappa shape index (κ3) is 5.48. The number of benzene rings is 1. The lowest BCUT2D eigenvalue weighted by molar-refractivity contribution is -0.154. The molecule has 3 atom stereocenters. The molecule has 118 valence electrons. The summed E-state index contributed by atoms with van der Waals surface area (Å²) in [6.07, 6.45) is 1.22. The van der Waals surface area contributed by atoms with E-state index in [1.165, 1.54) is 5.56 Å². The van der Waals surface area contributed by atoms with Crippen molar-refractivity contribution >= 4 is 5.97 Å². The van der Waals surface area contributed by atoms with Gasteiger partial charge < -0.3 is 15.6 Å². The Morgan fingerprint density at radius 1 is 1.43 bits per heavy atom. The van der Waals surface area contributed by atoms with Crippen LogP contribution in [0.2, 0.25) is 0 Å². The highest BCUT2D eigenvalue weighted by atomic mass is 16.5. The van der Waals surface area contributed by atoms with Gasteiger partial charge in [0.15, 0.2) is 6.10 Å². The molecule has 0 aliphatic carbocycles. The van der Waals surface area contributed by atoms with Crippen LogP contribution in [-0.2, 0) is 9.53 Å². The largest absolute Gasteiger partial charge is 0.479 e. The van der Waals surface area contributed by atoms with E-state index in [0.717, 1.165) is 12.8 Å². The molecule has 0 saturated carbocycles. The zero-order valence-electron chi connectivity index (χ0n) is 13.4. The van der Waals surface area contributed by atoms with E-state index in [0.29, 0.717) is 0 Å². The van der Waals surface area contributed by atoms with Crippen molar-refractivity contribution in [2.45, 2.75) is 58.3 Å². The second-order valence-electron chi connectivity index (χ2n) is 6.24. The number of ether oxygens (including phenoxy) is 1. The molecule has 1 aromatic carbocycles. The van der Waals surface area contributed by atoms with Crippen molar-refractivity contribution in [1.82, 2.24) is 0 Å². The lowest BCUT2D eigenvalue weighted by Crippen LogP contribution is -2.27. The van der Waals surface area contributed by atoms with Crippen LogP contribution < -0.4 is 5.73 Å². The first kappa shape index (κ1) is 17.7. The lowest BCUT2D eigenvalue weighted by atomic mass is 9.96. The van der Waals surface area contributed by atoms with Crippen molar-refractivity contribution in [1.29, 1.82) is 0 Å². The number of carbonyl (C=O) groups is 1. The molecule has 1 aliphatic heterocycles. The molecular weight excluding hydrogens is 266 g/mol. The quantitative estimate of drug-likeness (QED) is 0.896. The maximum absolute atomic E-state index is 10.6. The summed E-state index contributed by atoms with van der Waals surface area (Å²) in [7, 11) is 0. The van der Waals surface area contributed by atoms with Gasteiger partial charge in [-0.15, -0.1) is 0 Å². The Kier molecular flexibility index (Phi) is 6.37. The van der Waals surface area contributed by atoms with Gasteiger partial charge in [-0.3, -0.25) is 0 Å². The minimum atomic E-state index is -0.844. The Morgan fingerprint density at radius 2 is 2.00 bits per heavy atom. The van der Waals surface area contributed by atoms with Crippen LogP contribution in [0.25, 0.3) is 0 Å². The Balaban J connectivity index is 0.000000211. The standard InChI is InChI=1S/C9H13N.C8H14O3/c1-2-9(10)8-6-4-3-5-7-8;1-5-4-8(2,3)11-6(5)7(9)10/h3-7,9H,2,10H2,1H3;5-6H,4H2,1-3H3,(H,9,10)/t;5-,6+/m.1/s1. The van der Waals surface area contributed by atoms with Gasteiger partial charge in [0.25, 0.3) is 0 Å². The molecule has 1 aromatic rings. The average Bonchev–Trinajstić information content (AvgIpc) is 2.73. The van der Waals surface area contributed by atoms with Gasteiger partial charge >= 0.3 is 5.97 Å². The molecule has 4 heteroatoms. The molecule has 21 heavy (non-hydrogen) atoms. The molecule has 0 bridgehead atoms. The molecule has 1 fully saturated rings. The van der Waals surface area contributed by atoms with Gasteiger partial charge in [0.2, 0.25) is 0 Å². The predicted molar refractivity (Wildman–Crippen MR) is 84.0 cm³/mol. The zero-order valence-corrected chi connectivity index (χ0v) is 13.4. The second-order valence-corrected chi connectivity index (χ2v) is 6.24. The van der Waals surface area contributed by atoms with E-state index in [4.69, 9.17) is 15.6 Å². The normalized spacial score (nSPS) is 24.8. The highest BCUT2D eigenvalue weighted by Gasteiger charge is 2.41. The van der Waals surface area contributed by atoms with E-state index in [9.17, 15) is 4.79 Å². The molecule has 3 N–H and O–H groups in total. The van der Waals surface area contributed by atoms with E-state index in [1.807, 2.05) is 39.0 Å². The fraction of sp³-hybridized carbons (Fsp3) is 0.588. The first-order chi connectivity index (χ1) is 9.76. The summed E-state index contributed by atoms with van der Waals surface area (Å²) < 4.78 is 5.32. The molecular formula is C17H27NO3. The summed E-state index contributed by atoms with van der Waals surface area (Å²) in [6.45, 7) is 7.85. The van der Waals surface area contributed by atoms with Crippen LogP contribution in [0.5, 0.6) is 0 Å². The molecule has 2 rings (SSSR count). The maximum atomic E-state index is 10.6. The van der Waals surface area contributed by atoms with Gasteiger partial charge in [-0.1, -0.05) is 44.2 Å². The molecule has 0 spiro atoms. The summed E-state index contributed by atoms with van der Waals surface area (Å²) in [4.78, 5) is 10.6. The van der Waals surface area contributed by atoms with E-state index < -0.39 is 12.1 Å². The zero-order chi connectivity index (χ0) is 16.0. The Morgan fingerprint density at radius 3 is 2.33 bits per heavy atom. The molecule has 0 radical (unpaired) electrons. The van der Waals surface area contributed by atoms with Crippen LogP contribution in [0.1, 0.15) is 52.1 Å². The minimum Gasteiger partial charge on any atom is -0.479 e. The third-order valence-electron chi connectivity index (χ3n) is 3.69. The highest BCUT2D eigenvalue weighted by Crippen LogP contribution is 2.34. The number of hydrogen-bond donors (Lipinski definition) is 2. The van der Waals surface area contributed by atoms with Crippen molar-refractivity contribution < 1.29 is 14.6 Å². The first-order valence-corrected chi connectivity index (χ1v) is 7.48. The molecule has 1 saturated heterocycles. The second kappa shape index (κ2) is 7.57. The lowest BCUT2D eigenvalue weighted by Gasteiger charge is -2.16. The Bertz CT molecular complexity index is 445. The van der Waals surface area contributed by atoms with E-state index >= 15 is 0 Å². The van der Waals surface area contributed by atoms with Crippen LogP contribution in [0.4, 0.5) is 0 Å². The van der Waals surface area contributed by atoms with Crippen LogP contribution in [-0.4, -0.2) is 22.8 Å². The van der Waals surface area contributed by atoms with Crippen molar-refractivity contribution in [2.75, 3.05) is 0 Å². The molecule has 0 aromatic heterocycles. The number of nitrogens with two attached hydrogens (primary N) is 1. The predicted octanol–water partition coefficient (Wildman–Crippen LogP) is 3.37. The van der Waals surface area contributed by atoms with Gasteiger partial charge in [0.05, 0.1) is 5.60 Å². The monoisotopic (exact) mass is 293 g/mol. The fourth-order valence-corrected chi connectivity index (χ4v) is 2.62. The topological polar surface area (TPSA) is 72.5 Å². The van der Waals surface area contributed by atoms with E-state index in [1.54, 1.807) is 0 Å². The van der Waals surface area contributed by atoms with Gasteiger partial charge in [-0.2, -0.15) is 0 Å². The number of carboxylic acid groups (broad SMARTS) is 1. The molecule has 1 unspecified atom stereocenters. The van der Waals surface area contributed by atoms with Crippen LogP contribution in [0.3, 0.4) is 0 Å². The van der Waals surface area contributed by atoms with Crippen molar-refractivity contribution in [3.8, 4) is 0 Å². The number of rotatable bonds is 3. The minimum absolute atomic E-state index is 0.127. The molecule has 1 aliphatic rings. The summed E-state index contributed by atoms with van der Waals surface area (Å²) in [5.74, 6) is -0.717. The van der Waals surface area contributed by atoms with E-state index in [2.05, 4.69) is 19.1 Å². The molecule has 1 heterocycles. The fourth-order valence-electron chi connectivity index (χ4n) is 2.62. The van der Waals surface area contributed by atoms with Crippen LogP contribution >= 0.6 is 0 Å². The average molecular weight is 293 g/mol. The Hall–Kier alpha value is -1.39. The maximum Gasteiger partial charge on any atom is 0.333 e. The van der Waals surface area contributed by atoms with Gasteiger partial charge in [0.1, 0.15) is 0 Å². The highest BCUT2D eigenvalue weighted by molar-refractivity contribution is 5.73. The molecule has 0 amide bonds. The summed E-state index contributed by atoms with van der Waals surface area (Å²) in [5.41, 5.74) is 6.76. The van der Waals surface area contributed by atoms with Gasteiger partial charge in [0, 0.05) is 6.04 Å². The van der Waals surface area contributed by atoms with Crippen molar-refractivity contribution in [3.63, 3.8) is 0 Å². The van der Waals surface area contributed by atoms with Crippen LogP contribution in [0.15, 0.2) is 30.3 Å². The number of aliphatic carboxylic acids is 1. The number of carboxylic acids is 1. The molecule has 4 nitrogen and oxygen atoms in total. The van der Waals surface area contributed by atoms with Gasteiger partial charge in [-0.25, -0.2) is 4.79 Å². The van der Waals surface area contributed by atoms with Crippen LogP contribution in [0, 0.1) is 5.92 Å². The smallest absolute Gasteiger partial charge is 0.333 e. The summed E-state index contributed by atoms with van der Waals surface area (Å²) in [6, 6.07) is 10.4. The Labute approximate surface area is 127 Å². The van der Waals surface area contributed by atoms with Crippen molar-refractivity contribution in [2.24, 2.45) is 11.7 Å². The third-order valence-corrected chi connectivity index (χ3v) is 3.69. The summed E-state index contributed by atoms with van der Waals surface area (Å²) >= 11 is 0. The summed E-state index contributed by atoms with van der Waals surface area (Å²) in [5, 5.41) is 8.69. The number of hydrogen-bond acceptors (Lipinski definition) is 3. The SMILES string of the molecule is CCC(N)c1ccccc1.C[C@@H]1CC(C)(C)O[C@@H]1C(=O)O. The van der Waals surface area contributed by atoms with Gasteiger partial charge in [-0.05, 0) is 38.2 Å². The van der Waals surface area contributed by atoms with E-state index in [-0.39, 0.29) is 17.6 Å². The van der Waals surface area contributed by atoms with Crippen molar-refractivity contribution in [3.05, 3.63) is 35.9 Å². The first-order valence-electron chi connectivity index (χ1n) is 7.48.